The van der Waals surface area contributed by atoms with Crippen molar-refractivity contribution >= 4 is 45.4 Å². The predicted molar refractivity (Wildman–Crippen MR) is 133 cm³/mol. The molecule has 0 bridgehead atoms. The quantitative estimate of drug-likeness (QED) is 0.363. The molecule has 176 valence electrons. The Morgan fingerprint density at radius 3 is 1.91 bits per heavy atom. The van der Waals surface area contributed by atoms with Crippen molar-refractivity contribution in [2.75, 3.05) is 45.8 Å². The van der Waals surface area contributed by atoms with Crippen molar-refractivity contribution in [2.45, 2.75) is 0 Å². The number of Topliss-reactive ketones (excluding diaryl/α,β-unsaturated/α-hetero) is 1. The molecule has 2 aliphatic rings. The van der Waals surface area contributed by atoms with Crippen LogP contribution in [0.25, 0.3) is 10.8 Å². The highest BCUT2D eigenvalue weighted by atomic mass is 79.9. The fourth-order valence-electron chi connectivity index (χ4n) is 4.63. The van der Waals surface area contributed by atoms with Crippen LogP contribution in [0.5, 0.6) is 0 Å². The number of carbonyl (C=O) groups excluding carboxylic acids is 3. The molecular weight excluding hydrogens is 501 g/mol. The van der Waals surface area contributed by atoms with Crippen LogP contribution in [0.4, 0.5) is 4.39 Å². The molecule has 34 heavy (non-hydrogen) atoms. The maximum absolute atomic E-state index is 13.1. The number of benzene rings is 3. The van der Waals surface area contributed by atoms with E-state index in [4.69, 9.17) is 0 Å². The van der Waals surface area contributed by atoms with Crippen LogP contribution in [0.2, 0.25) is 0 Å². The Balaban J connectivity index is 0.00000274. The molecule has 0 spiro atoms. The van der Waals surface area contributed by atoms with Crippen molar-refractivity contribution in [1.82, 2.24) is 14.7 Å². The molecule has 0 saturated carbocycles. The van der Waals surface area contributed by atoms with E-state index in [1.54, 1.807) is 12.1 Å². The van der Waals surface area contributed by atoms with Gasteiger partial charge in [0.25, 0.3) is 11.8 Å². The normalized spacial score (nSPS) is 16.6. The molecule has 2 amide bonds. The van der Waals surface area contributed by atoms with E-state index in [1.807, 2.05) is 24.3 Å². The van der Waals surface area contributed by atoms with Gasteiger partial charge in [-0.3, -0.25) is 29.1 Å². The van der Waals surface area contributed by atoms with Crippen molar-refractivity contribution < 1.29 is 18.8 Å². The second kappa shape index (κ2) is 10.1. The van der Waals surface area contributed by atoms with Crippen molar-refractivity contribution in [1.29, 1.82) is 0 Å². The fourth-order valence-corrected chi connectivity index (χ4v) is 4.63. The Morgan fingerprint density at radius 2 is 1.32 bits per heavy atom. The summed E-state index contributed by atoms with van der Waals surface area (Å²) in [6, 6.07) is 16.7. The first-order chi connectivity index (χ1) is 16.0. The number of hydrogen-bond donors (Lipinski definition) is 0. The first kappa shape index (κ1) is 24.2. The third-order valence-corrected chi connectivity index (χ3v) is 6.49. The predicted octanol–water partition coefficient (Wildman–Crippen LogP) is 3.65. The molecule has 8 heteroatoms. The maximum atomic E-state index is 13.1. The van der Waals surface area contributed by atoms with E-state index >= 15 is 0 Å². The van der Waals surface area contributed by atoms with Gasteiger partial charge in [0.2, 0.25) is 0 Å². The van der Waals surface area contributed by atoms with Crippen LogP contribution in [-0.4, -0.2) is 78.1 Å². The summed E-state index contributed by atoms with van der Waals surface area (Å²) in [5.74, 6) is -0.868. The molecule has 3 aromatic rings. The Bertz CT molecular complexity index is 1190. The average Bonchev–Trinajstić information content (AvgIpc) is 2.83. The zero-order valence-corrected chi connectivity index (χ0v) is 20.3. The number of carbonyl (C=O) groups is 3. The lowest BCUT2D eigenvalue weighted by atomic mass is 9.94. The topological polar surface area (TPSA) is 60.9 Å². The summed E-state index contributed by atoms with van der Waals surface area (Å²) >= 11 is 0. The molecule has 2 heterocycles. The molecule has 0 radical (unpaired) electrons. The van der Waals surface area contributed by atoms with Crippen LogP contribution in [0.15, 0.2) is 60.7 Å². The maximum Gasteiger partial charge on any atom is 0.261 e. The van der Waals surface area contributed by atoms with E-state index in [1.165, 1.54) is 29.2 Å². The van der Waals surface area contributed by atoms with Crippen molar-refractivity contribution in [3.63, 3.8) is 0 Å². The van der Waals surface area contributed by atoms with Crippen molar-refractivity contribution in [3.8, 4) is 0 Å². The van der Waals surface area contributed by atoms with Crippen LogP contribution in [0, 0.1) is 5.82 Å². The Labute approximate surface area is 207 Å². The van der Waals surface area contributed by atoms with E-state index in [-0.39, 0.29) is 40.4 Å². The fraction of sp³-hybridized carbons (Fsp3) is 0.269. The van der Waals surface area contributed by atoms with Gasteiger partial charge in [0.15, 0.2) is 5.78 Å². The van der Waals surface area contributed by atoms with E-state index in [9.17, 15) is 18.8 Å². The zero-order chi connectivity index (χ0) is 22.9. The van der Waals surface area contributed by atoms with Crippen LogP contribution >= 0.6 is 17.0 Å². The summed E-state index contributed by atoms with van der Waals surface area (Å²) in [7, 11) is 0. The van der Waals surface area contributed by atoms with Gasteiger partial charge in [-0.05, 0) is 41.8 Å². The average molecular weight is 526 g/mol. The van der Waals surface area contributed by atoms with Gasteiger partial charge >= 0.3 is 0 Å². The highest BCUT2D eigenvalue weighted by Gasteiger charge is 2.33. The lowest BCUT2D eigenvalue weighted by Gasteiger charge is -2.35. The van der Waals surface area contributed by atoms with Gasteiger partial charge in [-0.2, -0.15) is 0 Å². The van der Waals surface area contributed by atoms with Crippen LogP contribution < -0.4 is 0 Å². The highest BCUT2D eigenvalue weighted by molar-refractivity contribution is 8.93. The van der Waals surface area contributed by atoms with Crippen LogP contribution in [-0.2, 0) is 0 Å². The van der Waals surface area contributed by atoms with Gasteiger partial charge in [0, 0.05) is 61.3 Å². The third-order valence-electron chi connectivity index (χ3n) is 6.49. The Morgan fingerprint density at radius 1 is 0.765 bits per heavy atom. The molecule has 0 unspecified atom stereocenters. The first-order valence-corrected chi connectivity index (χ1v) is 11.1. The molecule has 0 aromatic heterocycles. The molecule has 5 rings (SSSR count). The van der Waals surface area contributed by atoms with Gasteiger partial charge in [0.1, 0.15) is 5.82 Å². The Hall–Kier alpha value is -2.94. The smallest absolute Gasteiger partial charge is 0.261 e. The minimum absolute atomic E-state index is 0. The van der Waals surface area contributed by atoms with Gasteiger partial charge in [0.05, 0.1) is 6.54 Å². The second-order valence-electron chi connectivity index (χ2n) is 8.52. The lowest BCUT2D eigenvalue weighted by molar-refractivity contribution is 0.0566. The summed E-state index contributed by atoms with van der Waals surface area (Å²) in [5, 5.41) is 1.64. The van der Waals surface area contributed by atoms with Crippen LogP contribution in [0.1, 0.15) is 31.1 Å². The lowest BCUT2D eigenvalue weighted by Crippen LogP contribution is -2.51. The summed E-state index contributed by atoms with van der Waals surface area (Å²) in [6.07, 6.45) is 0. The zero-order valence-electron chi connectivity index (χ0n) is 18.6. The minimum Gasteiger partial charge on any atom is -0.299 e. The molecule has 2 aliphatic heterocycles. The molecular formula is C26H25BrFN3O3. The molecule has 1 fully saturated rings. The molecule has 0 atom stereocenters. The number of imide groups is 1. The number of amides is 2. The number of piperazine rings is 1. The van der Waals surface area contributed by atoms with E-state index < -0.39 is 0 Å². The van der Waals surface area contributed by atoms with Gasteiger partial charge in [-0.25, -0.2) is 4.39 Å². The summed E-state index contributed by atoms with van der Waals surface area (Å²) < 4.78 is 13.1. The van der Waals surface area contributed by atoms with E-state index in [2.05, 4.69) is 9.80 Å². The largest absolute Gasteiger partial charge is 0.299 e. The van der Waals surface area contributed by atoms with E-state index in [0.29, 0.717) is 36.3 Å². The van der Waals surface area contributed by atoms with Crippen molar-refractivity contribution in [2.24, 2.45) is 0 Å². The van der Waals surface area contributed by atoms with Gasteiger partial charge in [-0.1, -0.05) is 24.3 Å². The SMILES string of the molecule is Br.O=C(CN1CCN(CCN2C(=O)c3cccc4cccc(c34)C2=O)CC1)c1ccc(F)cc1. The minimum atomic E-state index is -0.356. The van der Waals surface area contributed by atoms with Crippen molar-refractivity contribution in [3.05, 3.63) is 83.2 Å². The molecule has 0 N–H and O–H groups in total. The monoisotopic (exact) mass is 525 g/mol. The Kier molecular flexibility index (Phi) is 7.21. The molecule has 3 aromatic carbocycles. The second-order valence-corrected chi connectivity index (χ2v) is 8.52. The van der Waals surface area contributed by atoms with Gasteiger partial charge in [-0.15, -0.1) is 17.0 Å². The first-order valence-electron chi connectivity index (χ1n) is 11.1. The molecule has 0 aliphatic carbocycles. The highest BCUT2D eigenvalue weighted by Crippen LogP contribution is 2.29. The number of hydrogen-bond acceptors (Lipinski definition) is 5. The number of ketones is 1. The standard InChI is InChI=1S/C26H24FN3O3.BrH/c27-20-9-7-18(8-10-20)23(31)17-29-13-11-28(12-14-29)15-16-30-25(32)21-5-1-3-19-4-2-6-22(24(19)21)26(30)33;/h1-10H,11-17H2;1H. The summed E-state index contributed by atoms with van der Waals surface area (Å²) in [6.45, 7) is 4.15. The van der Waals surface area contributed by atoms with Gasteiger partial charge < -0.3 is 0 Å². The summed E-state index contributed by atoms with van der Waals surface area (Å²) in [5.41, 5.74) is 1.66. The number of rotatable bonds is 6. The number of nitrogens with zero attached hydrogens (tertiary/aromatic N) is 3. The third kappa shape index (κ3) is 4.66. The van der Waals surface area contributed by atoms with Crippen LogP contribution in [0.3, 0.4) is 0 Å². The summed E-state index contributed by atoms with van der Waals surface area (Å²) in [4.78, 5) is 44.1. The molecule has 1 saturated heterocycles. The number of halogens is 2. The molecule has 6 nitrogen and oxygen atoms in total. The van der Waals surface area contributed by atoms with E-state index in [0.717, 1.165) is 37.0 Å².